The Balaban J connectivity index is 2.52. The summed E-state index contributed by atoms with van der Waals surface area (Å²) in [4.78, 5) is 0. The van der Waals surface area contributed by atoms with E-state index in [1.165, 1.54) is 0 Å². The van der Waals surface area contributed by atoms with E-state index >= 15 is 0 Å². The summed E-state index contributed by atoms with van der Waals surface area (Å²) in [6.45, 7) is 14.1. The molecule has 1 aliphatic heterocycles. The molecule has 15 heavy (non-hydrogen) atoms. The third-order valence-corrected chi connectivity index (χ3v) is 3.00. The maximum Gasteiger partial charge on any atom is 0.164 e. The van der Waals surface area contributed by atoms with E-state index in [4.69, 9.17) is 9.47 Å². The molecule has 0 bridgehead atoms. The third-order valence-electron chi connectivity index (χ3n) is 3.00. The summed E-state index contributed by atoms with van der Waals surface area (Å²) in [7, 11) is 0. The van der Waals surface area contributed by atoms with Crippen molar-refractivity contribution in [2.75, 3.05) is 0 Å². The molecule has 0 unspecified atom stereocenters. The summed E-state index contributed by atoms with van der Waals surface area (Å²) >= 11 is 0. The van der Waals surface area contributed by atoms with Crippen LogP contribution in [0.5, 0.6) is 0 Å². The lowest BCUT2D eigenvalue weighted by Crippen LogP contribution is -2.33. The van der Waals surface area contributed by atoms with Crippen molar-refractivity contribution in [3.8, 4) is 0 Å². The van der Waals surface area contributed by atoms with E-state index in [2.05, 4.69) is 27.4 Å². The molecule has 0 aromatic heterocycles. The van der Waals surface area contributed by atoms with Gasteiger partial charge in [0.1, 0.15) is 0 Å². The van der Waals surface area contributed by atoms with Crippen LogP contribution < -0.4 is 0 Å². The fraction of sp³-hybridized carbons (Fsp3) is 0.846. The van der Waals surface area contributed by atoms with Crippen molar-refractivity contribution in [2.45, 2.75) is 65.0 Å². The van der Waals surface area contributed by atoms with Gasteiger partial charge in [-0.05, 0) is 46.5 Å². The van der Waals surface area contributed by atoms with Gasteiger partial charge in [0.15, 0.2) is 5.79 Å². The highest BCUT2D eigenvalue weighted by Crippen LogP contribution is 2.38. The summed E-state index contributed by atoms with van der Waals surface area (Å²) in [6.07, 6.45) is 4.32. The van der Waals surface area contributed by atoms with E-state index in [0.29, 0.717) is 5.92 Å². The molecule has 2 nitrogen and oxygen atoms in total. The second-order valence-electron chi connectivity index (χ2n) is 5.50. The van der Waals surface area contributed by atoms with E-state index < -0.39 is 5.79 Å². The van der Waals surface area contributed by atoms with Gasteiger partial charge >= 0.3 is 0 Å². The molecule has 1 saturated heterocycles. The minimum absolute atomic E-state index is 0.176. The normalized spacial score (nSPS) is 30.1. The summed E-state index contributed by atoms with van der Waals surface area (Å²) in [5.41, 5.74) is -0.176. The molecule has 88 valence electrons. The third kappa shape index (κ3) is 3.32. The Morgan fingerprint density at radius 3 is 2.33 bits per heavy atom. The number of allylic oxidation sites excluding steroid dienone is 1. The molecule has 1 fully saturated rings. The van der Waals surface area contributed by atoms with Crippen LogP contribution in [0.2, 0.25) is 0 Å². The standard InChI is InChI=1S/C13H24O2/c1-7-10(2)8-9-11-12(3,4)15-13(5,6)14-11/h7,10-11H,1,8-9H2,2-6H3/t10-,11+/m1/s1. The van der Waals surface area contributed by atoms with Crippen LogP contribution in [0.4, 0.5) is 0 Å². The van der Waals surface area contributed by atoms with Crippen LogP contribution in [0, 0.1) is 5.92 Å². The molecule has 2 heteroatoms. The average Bonchev–Trinajstić information content (AvgIpc) is 2.29. The molecule has 1 rings (SSSR count). The van der Waals surface area contributed by atoms with E-state index in [9.17, 15) is 0 Å². The van der Waals surface area contributed by atoms with Crippen LogP contribution in [0.1, 0.15) is 47.5 Å². The molecule has 0 N–H and O–H groups in total. The van der Waals surface area contributed by atoms with Gasteiger partial charge in [0.05, 0.1) is 11.7 Å². The molecular weight excluding hydrogens is 188 g/mol. The van der Waals surface area contributed by atoms with Gasteiger partial charge in [0.25, 0.3) is 0 Å². The predicted octanol–water partition coefficient (Wildman–Crippen LogP) is 3.52. The molecule has 0 amide bonds. The molecule has 0 aliphatic carbocycles. The summed E-state index contributed by atoms with van der Waals surface area (Å²) < 4.78 is 11.8. The highest BCUT2D eigenvalue weighted by molar-refractivity contribution is 4.90. The van der Waals surface area contributed by atoms with E-state index in [1.54, 1.807) is 0 Å². The van der Waals surface area contributed by atoms with Crippen molar-refractivity contribution in [1.82, 2.24) is 0 Å². The van der Waals surface area contributed by atoms with Crippen LogP contribution in [0.3, 0.4) is 0 Å². The Morgan fingerprint density at radius 2 is 1.93 bits per heavy atom. The molecule has 0 spiro atoms. The lowest BCUT2D eigenvalue weighted by atomic mass is 9.94. The summed E-state index contributed by atoms with van der Waals surface area (Å²) in [5, 5.41) is 0. The Labute approximate surface area is 93.7 Å². The first-order chi connectivity index (χ1) is 6.77. The van der Waals surface area contributed by atoms with Crippen molar-refractivity contribution >= 4 is 0 Å². The van der Waals surface area contributed by atoms with Crippen LogP contribution in [0.25, 0.3) is 0 Å². The Morgan fingerprint density at radius 1 is 1.33 bits per heavy atom. The van der Waals surface area contributed by atoms with Crippen LogP contribution >= 0.6 is 0 Å². The smallest absolute Gasteiger partial charge is 0.164 e. The molecule has 1 heterocycles. The molecular formula is C13H24O2. The van der Waals surface area contributed by atoms with Gasteiger partial charge in [-0.25, -0.2) is 0 Å². The van der Waals surface area contributed by atoms with Gasteiger partial charge in [0, 0.05) is 0 Å². The van der Waals surface area contributed by atoms with Crippen LogP contribution in [0.15, 0.2) is 12.7 Å². The molecule has 2 atom stereocenters. The zero-order chi connectivity index (χ0) is 11.7. The Kier molecular flexibility index (Phi) is 3.62. The van der Waals surface area contributed by atoms with Crippen molar-refractivity contribution in [2.24, 2.45) is 5.92 Å². The minimum Gasteiger partial charge on any atom is -0.344 e. The Bertz CT molecular complexity index is 231. The van der Waals surface area contributed by atoms with E-state index in [0.717, 1.165) is 12.8 Å². The van der Waals surface area contributed by atoms with E-state index in [-0.39, 0.29) is 11.7 Å². The fourth-order valence-electron chi connectivity index (χ4n) is 2.15. The fourth-order valence-corrected chi connectivity index (χ4v) is 2.15. The van der Waals surface area contributed by atoms with Crippen molar-refractivity contribution in [3.05, 3.63) is 12.7 Å². The second-order valence-corrected chi connectivity index (χ2v) is 5.50. The van der Waals surface area contributed by atoms with Crippen LogP contribution in [-0.2, 0) is 9.47 Å². The maximum atomic E-state index is 5.90. The van der Waals surface area contributed by atoms with E-state index in [1.807, 2.05) is 19.9 Å². The van der Waals surface area contributed by atoms with Gasteiger partial charge in [-0.2, -0.15) is 0 Å². The zero-order valence-corrected chi connectivity index (χ0v) is 10.7. The summed E-state index contributed by atoms with van der Waals surface area (Å²) in [5.74, 6) is 0.110. The SMILES string of the molecule is C=C[C@@H](C)CC[C@@H]1OC(C)(C)OC1(C)C. The first kappa shape index (κ1) is 12.7. The highest BCUT2D eigenvalue weighted by Gasteiger charge is 2.46. The largest absolute Gasteiger partial charge is 0.344 e. The second kappa shape index (κ2) is 4.26. The summed E-state index contributed by atoms with van der Waals surface area (Å²) in [6, 6.07) is 0. The first-order valence-electron chi connectivity index (χ1n) is 5.77. The molecule has 0 aromatic rings. The zero-order valence-electron chi connectivity index (χ0n) is 10.7. The van der Waals surface area contributed by atoms with Gasteiger partial charge in [-0.1, -0.05) is 13.0 Å². The highest BCUT2D eigenvalue weighted by atomic mass is 16.8. The van der Waals surface area contributed by atoms with Crippen molar-refractivity contribution < 1.29 is 9.47 Å². The lowest BCUT2D eigenvalue weighted by Gasteiger charge is -2.24. The van der Waals surface area contributed by atoms with Crippen molar-refractivity contribution in [1.29, 1.82) is 0 Å². The monoisotopic (exact) mass is 212 g/mol. The minimum atomic E-state index is -0.439. The number of hydrogen-bond donors (Lipinski definition) is 0. The molecule has 0 saturated carbocycles. The predicted molar refractivity (Wildman–Crippen MR) is 62.7 cm³/mol. The molecule has 0 aromatic carbocycles. The van der Waals surface area contributed by atoms with Gasteiger partial charge in [-0.15, -0.1) is 6.58 Å². The topological polar surface area (TPSA) is 18.5 Å². The maximum absolute atomic E-state index is 5.90. The van der Waals surface area contributed by atoms with Crippen molar-refractivity contribution in [3.63, 3.8) is 0 Å². The quantitative estimate of drug-likeness (QED) is 0.664. The number of rotatable bonds is 4. The number of hydrogen-bond acceptors (Lipinski definition) is 2. The average molecular weight is 212 g/mol. The first-order valence-corrected chi connectivity index (χ1v) is 5.77. The number of ether oxygens (including phenoxy) is 2. The van der Waals surface area contributed by atoms with Gasteiger partial charge in [0.2, 0.25) is 0 Å². The molecule has 1 aliphatic rings. The van der Waals surface area contributed by atoms with Crippen LogP contribution in [-0.4, -0.2) is 17.5 Å². The molecule has 0 radical (unpaired) electrons. The Hall–Kier alpha value is -0.340. The van der Waals surface area contributed by atoms with Gasteiger partial charge in [-0.3, -0.25) is 0 Å². The lowest BCUT2D eigenvalue weighted by molar-refractivity contribution is -0.157. The van der Waals surface area contributed by atoms with Gasteiger partial charge < -0.3 is 9.47 Å².